The SMILES string of the molecule is COCCn1ncc(Br)c1C(=O)C1(N)CCCCC1. The second kappa shape index (κ2) is 6.15. The molecule has 19 heavy (non-hydrogen) atoms. The number of carbonyl (C=O) groups excluding carboxylic acids is 1. The van der Waals surface area contributed by atoms with Crippen molar-refractivity contribution >= 4 is 21.7 Å². The van der Waals surface area contributed by atoms with Crippen molar-refractivity contribution in [2.24, 2.45) is 5.73 Å². The Hall–Kier alpha value is -0.720. The lowest BCUT2D eigenvalue weighted by Crippen LogP contribution is -2.50. The predicted octanol–water partition coefficient (Wildman–Crippen LogP) is 2.14. The second-order valence-corrected chi connectivity index (χ2v) is 5.96. The molecule has 1 aliphatic carbocycles. The molecule has 5 nitrogen and oxygen atoms in total. The molecule has 1 aromatic rings. The third-order valence-corrected chi connectivity index (χ3v) is 4.30. The molecule has 0 aromatic carbocycles. The van der Waals surface area contributed by atoms with E-state index < -0.39 is 5.54 Å². The quantitative estimate of drug-likeness (QED) is 0.840. The summed E-state index contributed by atoms with van der Waals surface area (Å²) in [6.07, 6.45) is 6.37. The van der Waals surface area contributed by atoms with E-state index in [1.165, 1.54) is 0 Å². The average Bonchev–Trinajstić information content (AvgIpc) is 2.77. The molecule has 0 spiro atoms. The molecular formula is C13H20BrN3O2. The highest BCUT2D eigenvalue weighted by Crippen LogP contribution is 2.31. The maximum Gasteiger partial charge on any atom is 0.201 e. The Morgan fingerprint density at radius 3 is 2.84 bits per heavy atom. The second-order valence-electron chi connectivity index (χ2n) is 5.10. The minimum absolute atomic E-state index is 0.00678. The molecule has 1 aliphatic rings. The predicted molar refractivity (Wildman–Crippen MR) is 76.1 cm³/mol. The molecule has 106 valence electrons. The van der Waals surface area contributed by atoms with Gasteiger partial charge in [0.05, 0.1) is 29.4 Å². The molecule has 0 aliphatic heterocycles. The molecular weight excluding hydrogens is 310 g/mol. The normalized spacial score (nSPS) is 18.5. The van der Waals surface area contributed by atoms with E-state index in [4.69, 9.17) is 10.5 Å². The minimum atomic E-state index is -0.731. The number of aromatic nitrogens is 2. The molecule has 2 N–H and O–H groups in total. The van der Waals surface area contributed by atoms with E-state index in [-0.39, 0.29) is 5.78 Å². The van der Waals surface area contributed by atoms with Crippen molar-refractivity contribution in [3.8, 4) is 0 Å². The number of ketones is 1. The number of methoxy groups -OCH3 is 1. The van der Waals surface area contributed by atoms with Gasteiger partial charge in [-0.25, -0.2) is 0 Å². The van der Waals surface area contributed by atoms with Crippen LogP contribution in [0.5, 0.6) is 0 Å². The molecule has 1 aromatic heterocycles. The fourth-order valence-corrected chi connectivity index (χ4v) is 3.06. The average molecular weight is 330 g/mol. The fraction of sp³-hybridized carbons (Fsp3) is 0.692. The maximum atomic E-state index is 12.7. The topological polar surface area (TPSA) is 70.1 Å². The highest BCUT2D eigenvalue weighted by molar-refractivity contribution is 9.10. The van der Waals surface area contributed by atoms with Crippen LogP contribution in [0.2, 0.25) is 0 Å². The molecule has 0 bridgehead atoms. The van der Waals surface area contributed by atoms with E-state index in [0.717, 1.165) is 32.1 Å². The Labute approximate surface area is 121 Å². The molecule has 2 rings (SSSR count). The zero-order chi connectivity index (χ0) is 13.9. The van der Waals surface area contributed by atoms with Crippen LogP contribution in [-0.2, 0) is 11.3 Å². The van der Waals surface area contributed by atoms with Gasteiger partial charge in [-0.2, -0.15) is 5.10 Å². The van der Waals surface area contributed by atoms with Gasteiger partial charge >= 0.3 is 0 Å². The first-order valence-electron chi connectivity index (χ1n) is 6.62. The summed E-state index contributed by atoms with van der Waals surface area (Å²) >= 11 is 3.40. The molecule has 1 fully saturated rings. The lowest BCUT2D eigenvalue weighted by Gasteiger charge is -2.32. The van der Waals surface area contributed by atoms with Crippen molar-refractivity contribution in [1.82, 2.24) is 9.78 Å². The Morgan fingerprint density at radius 2 is 2.21 bits per heavy atom. The Morgan fingerprint density at radius 1 is 1.53 bits per heavy atom. The Bertz CT molecular complexity index is 453. The summed E-state index contributed by atoms with van der Waals surface area (Å²) < 4.78 is 7.43. The van der Waals surface area contributed by atoms with Gasteiger partial charge in [-0.05, 0) is 28.8 Å². The lowest BCUT2D eigenvalue weighted by molar-refractivity contribution is 0.0832. The zero-order valence-electron chi connectivity index (χ0n) is 11.2. The van der Waals surface area contributed by atoms with Gasteiger partial charge in [-0.3, -0.25) is 9.48 Å². The van der Waals surface area contributed by atoms with Crippen LogP contribution in [0.15, 0.2) is 10.7 Å². The third kappa shape index (κ3) is 3.07. The number of ether oxygens (including phenoxy) is 1. The van der Waals surface area contributed by atoms with Crippen LogP contribution in [0, 0.1) is 0 Å². The van der Waals surface area contributed by atoms with Crippen molar-refractivity contribution < 1.29 is 9.53 Å². The van der Waals surface area contributed by atoms with E-state index in [0.29, 0.717) is 23.3 Å². The smallest absolute Gasteiger partial charge is 0.201 e. The first-order valence-corrected chi connectivity index (χ1v) is 7.42. The number of Topliss-reactive ketones (excluding diaryl/α,β-unsaturated/α-hetero) is 1. The van der Waals surface area contributed by atoms with E-state index >= 15 is 0 Å². The van der Waals surface area contributed by atoms with Gasteiger partial charge in [0.1, 0.15) is 5.69 Å². The number of nitrogens with zero attached hydrogens (tertiary/aromatic N) is 2. The fourth-order valence-electron chi connectivity index (χ4n) is 2.58. The number of hydrogen-bond acceptors (Lipinski definition) is 4. The summed E-state index contributed by atoms with van der Waals surface area (Å²) in [5, 5.41) is 4.21. The zero-order valence-corrected chi connectivity index (χ0v) is 12.8. The Kier molecular flexibility index (Phi) is 4.76. The van der Waals surface area contributed by atoms with Crippen molar-refractivity contribution in [3.63, 3.8) is 0 Å². The Balaban J connectivity index is 2.24. The summed E-state index contributed by atoms with van der Waals surface area (Å²) in [5.41, 5.74) is 6.16. The van der Waals surface area contributed by atoms with Gasteiger partial charge in [0.2, 0.25) is 5.78 Å². The van der Waals surface area contributed by atoms with Crippen molar-refractivity contribution in [2.45, 2.75) is 44.2 Å². The maximum absolute atomic E-state index is 12.7. The molecule has 6 heteroatoms. The van der Waals surface area contributed by atoms with Crippen LogP contribution in [-0.4, -0.2) is 34.8 Å². The largest absolute Gasteiger partial charge is 0.383 e. The summed E-state index contributed by atoms with van der Waals surface area (Å²) in [6, 6.07) is 0. The van der Waals surface area contributed by atoms with Gasteiger partial charge in [0.25, 0.3) is 0 Å². The van der Waals surface area contributed by atoms with Gasteiger partial charge in [-0.15, -0.1) is 0 Å². The third-order valence-electron chi connectivity index (χ3n) is 3.72. The first-order chi connectivity index (χ1) is 9.08. The van der Waals surface area contributed by atoms with E-state index in [9.17, 15) is 4.79 Å². The molecule has 1 heterocycles. The van der Waals surface area contributed by atoms with Gasteiger partial charge in [0, 0.05) is 7.11 Å². The van der Waals surface area contributed by atoms with E-state index in [1.54, 1.807) is 18.0 Å². The van der Waals surface area contributed by atoms with E-state index in [2.05, 4.69) is 21.0 Å². The van der Waals surface area contributed by atoms with Gasteiger partial charge in [0.15, 0.2) is 0 Å². The van der Waals surface area contributed by atoms with Crippen LogP contribution in [0.3, 0.4) is 0 Å². The molecule has 0 atom stereocenters. The number of halogens is 1. The minimum Gasteiger partial charge on any atom is -0.383 e. The summed E-state index contributed by atoms with van der Waals surface area (Å²) in [7, 11) is 1.63. The van der Waals surface area contributed by atoms with E-state index in [1.807, 2.05) is 0 Å². The van der Waals surface area contributed by atoms with Crippen molar-refractivity contribution in [2.75, 3.05) is 13.7 Å². The highest BCUT2D eigenvalue weighted by atomic mass is 79.9. The van der Waals surface area contributed by atoms with Gasteiger partial charge < -0.3 is 10.5 Å². The molecule has 0 saturated heterocycles. The first kappa shape index (κ1) is 14.7. The van der Waals surface area contributed by atoms with Crippen molar-refractivity contribution in [1.29, 1.82) is 0 Å². The van der Waals surface area contributed by atoms with Crippen LogP contribution in [0.25, 0.3) is 0 Å². The summed E-state index contributed by atoms with van der Waals surface area (Å²) in [5.74, 6) is -0.00678. The highest BCUT2D eigenvalue weighted by Gasteiger charge is 2.38. The van der Waals surface area contributed by atoms with Crippen LogP contribution < -0.4 is 5.73 Å². The lowest BCUT2D eigenvalue weighted by atomic mass is 9.78. The molecule has 0 amide bonds. The summed E-state index contributed by atoms with van der Waals surface area (Å²) in [4.78, 5) is 12.7. The van der Waals surface area contributed by atoms with Crippen LogP contribution in [0.1, 0.15) is 42.6 Å². The van der Waals surface area contributed by atoms with Gasteiger partial charge in [-0.1, -0.05) is 19.3 Å². The monoisotopic (exact) mass is 329 g/mol. The number of hydrogen-bond donors (Lipinski definition) is 1. The summed E-state index contributed by atoms with van der Waals surface area (Å²) in [6.45, 7) is 1.07. The number of rotatable bonds is 5. The van der Waals surface area contributed by atoms with Crippen LogP contribution >= 0.6 is 15.9 Å². The molecule has 0 unspecified atom stereocenters. The molecule has 1 saturated carbocycles. The van der Waals surface area contributed by atoms with Crippen LogP contribution in [0.4, 0.5) is 0 Å². The van der Waals surface area contributed by atoms with Crippen molar-refractivity contribution in [3.05, 3.63) is 16.4 Å². The standard InChI is InChI=1S/C13H20BrN3O2/c1-19-8-7-17-11(10(14)9-16-17)12(18)13(15)5-3-2-4-6-13/h9H,2-8,15H2,1H3. The molecule has 0 radical (unpaired) electrons. The number of nitrogens with two attached hydrogens (primary N) is 1. The number of carbonyl (C=O) groups is 1.